The molecule has 218 valence electrons. The van der Waals surface area contributed by atoms with Crippen LogP contribution in [0, 0.1) is 25.5 Å². The quantitative estimate of drug-likeness (QED) is 0.317. The molecule has 6 rings (SSSR count). The smallest absolute Gasteiger partial charge is 0.472 e. The standard InChI is InChI=1S/C27H27F5N6O3/c1-10-11(2)35-23-18-17(10)19(29)20(14-7-13(33)8-15(28)22(14)41-27(30,31)32)36-24(18)40-12(3)21-16-5-6-26(37-16,9-38(21)23)25(39)34-4/h7-8,12,16,21,37H,5-6,9,33H2,1-4H3,(H,34,39)/t12?,16-,21+,26+/m0/s1. The van der Waals surface area contributed by atoms with Crippen LogP contribution >= 0.6 is 0 Å². The maximum absolute atomic E-state index is 16.5. The van der Waals surface area contributed by atoms with Gasteiger partial charge >= 0.3 is 6.36 Å². The lowest BCUT2D eigenvalue weighted by Crippen LogP contribution is -2.71. The SMILES string of the molecule is CNC(=O)[C@]12CC[C@H](N1)[C@H]1C(C)Oc3nc(-c4cc(N)cc(F)c4OC(F)(F)F)c(F)c4c(C)c(C)nc(c34)N1C2. The first kappa shape index (κ1) is 27.2. The summed E-state index contributed by atoms with van der Waals surface area (Å²) in [6, 6.07) is 1.11. The van der Waals surface area contributed by atoms with E-state index in [9.17, 15) is 22.4 Å². The molecule has 0 spiro atoms. The Kier molecular flexibility index (Phi) is 6.00. The Labute approximate surface area is 231 Å². The van der Waals surface area contributed by atoms with E-state index in [1.54, 1.807) is 27.8 Å². The molecular formula is C27H27F5N6O3. The minimum absolute atomic E-state index is 0.000939. The van der Waals surface area contributed by atoms with Gasteiger partial charge in [0.2, 0.25) is 11.8 Å². The summed E-state index contributed by atoms with van der Waals surface area (Å²) in [7, 11) is 1.56. The number of hydrogen-bond donors (Lipinski definition) is 3. The first-order chi connectivity index (χ1) is 19.2. The van der Waals surface area contributed by atoms with Gasteiger partial charge in [-0.2, -0.15) is 0 Å². The maximum atomic E-state index is 16.5. The number of nitrogens with one attached hydrogen (secondary N) is 2. The second kappa shape index (κ2) is 9.03. The van der Waals surface area contributed by atoms with Gasteiger partial charge in [0, 0.05) is 42.5 Å². The van der Waals surface area contributed by atoms with Gasteiger partial charge in [0.25, 0.3) is 0 Å². The Morgan fingerprint density at radius 3 is 2.66 bits per heavy atom. The monoisotopic (exact) mass is 578 g/mol. The van der Waals surface area contributed by atoms with E-state index in [0.717, 1.165) is 6.07 Å². The molecule has 0 saturated carbocycles. The van der Waals surface area contributed by atoms with Crippen LogP contribution in [0.3, 0.4) is 0 Å². The molecule has 3 aliphatic heterocycles. The number of carbonyl (C=O) groups excluding carboxylic acids is 1. The van der Waals surface area contributed by atoms with Crippen molar-refractivity contribution in [3.05, 3.63) is 35.0 Å². The zero-order valence-electron chi connectivity index (χ0n) is 22.5. The first-order valence-electron chi connectivity index (χ1n) is 13.0. The van der Waals surface area contributed by atoms with Crippen LogP contribution in [0.15, 0.2) is 12.1 Å². The third-order valence-electron chi connectivity index (χ3n) is 8.33. The highest BCUT2D eigenvalue weighted by molar-refractivity contribution is 6.02. The molecule has 2 bridgehead atoms. The van der Waals surface area contributed by atoms with Crippen molar-refractivity contribution in [1.82, 2.24) is 20.6 Å². The highest BCUT2D eigenvalue weighted by atomic mass is 19.4. The third-order valence-corrected chi connectivity index (χ3v) is 8.33. The number of halogens is 5. The number of aromatic nitrogens is 2. The topological polar surface area (TPSA) is 115 Å². The number of carbonyl (C=O) groups is 1. The lowest BCUT2D eigenvalue weighted by molar-refractivity contribution is -0.275. The van der Waals surface area contributed by atoms with E-state index in [0.29, 0.717) is 36.0 Å². The fourth-order valence-corrected chi connectivity index (χ4v) is 6.49. The summed E-state index contributed by atoms with van der Waals surface area (Å²) in [6.45, 7) is 5.31. The fraction of sp³-hybridized carbons (Fsp3) is 0.444. The molecular weight excluding hydrogens is 551 g/mol. The van der Waals surface area contributed by atoms with Crippen LogP contribution in [0.1, 0.15) is 31.0 Å². The number of pyridine rings is 2. The number of aryl methyl sites for hydroxylation is 2. The Hall–Kier alpha value is -3.94. The summed E-state index contributed by atoms with van der Waals surface area (Å²) >= 11 is 0. The van der Waals surface area contributed by atoms with Crippen LogP contribution in [0.4, 0.5) is 33.5 Å². The summed E-state index contributed by atoms with van der Waals surface area (Å²) in [5.41, 5.74) is 4.19. The molecule has 0 aliphatic carbocycles. The predicted octanol–water partition coefficient (Wildman–Crippen LogP) is 3.88. The van der Waals surface area contributed by atoms with Crippen LogP contribution in [-0.2, 0) is 4.79 Å². The van der Waals surface area contributed by atoms with Gasteiger partial charge in [-0.15, -0.1) is 13.2 Å². The molecule has 1 amide bonds. The molecule has 0 radical (unpaired) electrons. The summed E-state index contributed by atoms with van der Waals surface area (Å²) in [6.07, 6.45) is -4.59. The van der Waals surface area contributed by atoms with E-state index in [1.165, 1.54) is 0 Å². The number of likely N-dealkylation sites (N-methyl/N-ethyl adjacent to an activating group) is 1. The first-order valence-corrected chi connectivity index (χ1v) is 13.0. The number of nitrogen functional groups attached to an aromatic ring is 1. The van der Waals surface area contributed by atoms with Gasteiger partial charge < -0.3 is 25.4 Å². The van der Waals surface area contributed by atoms with Crippen molar-refractivity contribution in [2.45, 2.75) is 63.7 Å². The molecule has 3 aliphatic rings. The number of anilines is 2. The van der Waals surface area contributed by atoms with Crippen molar-refractivity contribution in [3.8, 4) is 22.9 Å². The van der Waals surface area contributed by atoms with Gasteiger partial charge in [0.1, 0.15) is 23.2 Å². The zero-order chi connectivity index (χ0) is 29.6. The van der Waals surface area contributed by atoms with Gasteiger partial charge in [-0.1, -0.05) is 0 Å². The van der Waals surface area contributed by atoms with Crippen molar-refractivity contribution >= 4 is 28.2 Å². The molecule has 2 aromatic heterocycles. The van der Waals surface area contributed by atoms with Crippen LogP contribution in [0.25, 0.3) is 22.0 Å². The Morgan fingerprint density at radius 2 is 1.98 bits per heavy atom. The van der Waals surface area contributed by atoms with Gasteiger partial charge in [0.15, 0.2) is 17.4 Å². The number of amides is 1. The van der Waals surface area contributed by atoms with Crippen LogP contribution in [0.2, 0.25) is 0 Å². The number of fused-ring (bicyclic) bond motifs is 5. The minimum atomic E-state index is -5.27. The molecule has 9 nitrogen and oxygen atoms in total. The lowest BCUT2D eigenvalue weighted by atomic mass is 9.93. The molecule has 2 saturated heterocycles. The summed E-state index contributed by atoms with van der Waals surface area (Å²) < 4.78 is 81.3. The molecule has 14 heteroatoms. The molecule has 3 aromatic rings. The van der Waals surface area contributed by atoms with Crippen LogP contribution in [0.5, 0.6) is 11.6 Å². The van der Waals surface area contributed by atoms with Gasteiger partial charge in [-0.25, -0.2) is 18.7 Å². The van der Waals surface area contributed by atoms with E-state index in [1.807, 2.05) is 4.90 Å². The summed E-state index contributed by atoms with van der Waals surface area (Å²) in [5, 5.41) is 6.38. The average molecular weight is 579 g/mol. The van der Waals surface area contributed by atoms with Gasteiger partial charge in [-0.05, 0) is 45.2 Å². The summed E-state index contributed by atoms with van der Waals surface area (Å²) in [4.78, 5) is 24.0. The summed E-state index contributed by atoms with van der Waals surface area (Å²) in [5.74, 6) is -3.63. The second-order valence-electron chi connectivity index (χ2n) is 10.8. The van der Waals surface area contributed by atoms with E-state index in [-0.39, 0.29) is 46.9 Å². The number of nitrogens with zero attached hydrogens (tertiary/aromatic N) is 3. The maximum Gasteiger partial charge on any atom is 0.573 e. The van der Waals surface area contributed by atoms with Crippen molar-refractivity contribution < 1.29 is 36.2 Å². The number of rotatable bonds is 3. The number of alkyl halides is 3. The van der Waals surface area contributed by atoms with E-state index in [2.05, 4.69) is 20.4 Å². The molecule has 4 N–H and O–H groups in total. The van der Waals surface area contributed by atoms with Crippen molar-refractivity contribution in [3.63, 3.8) is 0 Å². The Balaban J connectivity index is 1.63. The predicted molar refractivity (Wildman–Crippen MR) is 140 cm³/mol. The number of piperazine rings is 1. The zero-order valence-corrected chi connectivity index (χ0v) is 22.5. The van der Waals surface area contributed by atoms with Crippen molar-refractivity contribution in [2.75, 3.05) is 24.2 Å². The lowest BCUT2D eigenvalue weighted by Gasteiger charge is -2.47. The van der Waals surface area contributed by atoms with Crippen LogP contribution in [-0.4, -0.2) is 59.6 Å². The normalized spacial score (nSPS) is 25.0. The van der Waals surface area contributed by atoms with Crippen LogP contribution < -0.4 is 30.7 Å². The number of nitrogens with two attached hydrogens (primary N) is 1. The molecule has 4 atom stereocenters. The number of ether oxygens (including phenoxy) is 2. The average Bonchev–Trinajstić information content (AvgIpc) is 3.19. The Morgan fingerprint density at radius 1 is 1.24 bits per heavy atom. The minimum Gasteiger partial charge on any atom is -0.472 e. The van der Waals surface area contributed by atoms with Gasteiger partial charge in [-0.3, -0.25) is 10.1 Å². The van der Waals surface area contributed by atoms with Crippen molar-refractivity contribution in [1.29, 1.82) is 0 Å². The molecule has 5 heterocycles. The largest absolute Gasteiger partial charge is 0.573 e. The molecule has 41 heavy (non-hydrogen) atoms. The molecule has 2 fully saturated rings. The van der Waals surface area contributed by atoms with Crippen molar-refractivity contribution in [2.24, 2.45) is 0 Å². The van der Waals surface area contributed by atoms with E-state index in [4.69, 9.17) is 15.5 Å². The third kappa shape index (κ3) is 4.10. The second-order valence-corrected chi connectivity index (χ2v) is 10.8. The Bertz CT molecular complexity index is 1620. The number of benzene rings is 1. The fourth-order valence-electron chi connectivity index (χ4n) is 6.49. The molecule has 1 unspecified atom stereocenters. The van der Waals surface area contributed by atoms with E-state index < -0.39 is 46.6 Å². The van der Waals surface area contributed by atoms with E-state index >= 15 is 4.39 Å². The highest BCUT2D eigenvalue weighted by Gasteiger charge is 2.56. The molecule has 1 aromatic carbocycles. The van der Waals surface area contributed by atoms with Gasteiger partial charge in [0.05, 0.1) is 17.0 Å². The highest BCUT2D eigenvalue weighted by Crippen LogP contribution is 2.48. The number of hydrogen-bond acceptors (Lipinski definition) is 8.